The van der Waals surface area contributed by atoms with Crippen molar-refractivity contribution in [3.05, 3.63) is 35.4 Å². The fourth-order valence-electron chi connectivity index (χ4n) is 2.77. The molecule has 0 fully saturated rings. The van der Waals surface area contributed by atoms with Crippen molar-refractivity contribution >= 4 is 46.4 Å². The molecule has 9 nitrogen and oxygen atoms in total. The normalized spacial score (nSPS) is 11.7. The van der Waals surface area contributed by atoms with Gasteiger partial charge in [-0.1, -0.05) is 11.6 Å². The number of amides is 1. The van der Waals surface area contributed by atoms with Gasteiger partial charge in [0.2, 0.25) is 6.04 Å². The quantitative estimate of drug-likeness (QED) is 0.234. The van der Waals surface area contributed by atoms with E-state index in [0.29, 0.717) is 30.5 Å². The predicted octanol–water partition coefficient (Wildman–Crippen LogP) is 5.38. The highest BCUT2D eigenvalue weighted by atomic mass is 35.5. The zero-order valence-corrected chi connectivity index (χ0v) is 20.4. The van der Waals surface area contributed by atoms with E-state index >= 15 is 0 Å². The lowest BCUT2D eigenvalue weighted by atomic mass is 10.2. The van der Waals surface area contributed by atoms with Crippen LogP contribution in [0.3, 0.4) is 0 Å². The van der Waals surface area contributed by atoms with E-state index in [9.17, 15) is 9.59 Å². The number of Topliss-reactive ketones (excluding diaryl/α,β-unsaturated/α-hetero) is 1. The van der Waals surface area contributed by atoms with Crippen molar-refractivity contribution in [1.82, 2.24) is 0 Å². The molecule has 0 saturated carbocycles. The first-order valence-corrected chi connectivity index (χ1v) is 10.7. The molecule has 2 aromatic rings. The van der Waals surface area contributed by atoms with Crippen LogP contribution in [-0.2, 0) is 9.59 Å². The molecule has 0 aliphatic carbocycles. The molecule has 0 radical (unpaired) electrons. The van der Waals surface area contributed by atoms with Gasteiger partial charge in [-0.3, -0.25) is 9.59 Å². The molecule has 178 valence electrons. The van der Waals surface area contributed by atoms with Crippen LogP contribution < -0.4 is 23.4 Å². The average Bonchev–Trinajstić information content (AvgIpc) is 2.81. The lowest BCUT2D eigenvalue weighted by Gasteiger charge is -2.20. The van der Waals surface area contributed by atoms with Crippen LogP contribution in [0.1, 0.15) is 20.8 Å². The Morgan fingerprint density at radius 3 is 2.27 bits per heavy atom. The number of ketones is 1. The molecule has 0 N–H and O–H groups in total. The molecule has 2 rings (SSSR count). The van der Waals surface area contributed by atoms with Crippen LogP contribution in [0.5, 0.6) is 23.0 Å². The molecule has 0 saturated heterocycles. The van der Waals surface area contributed by atoms with Crippen molar-refractivity contribution in [3.8, 4) is 23.0 Å². The van der Waals surface area contributed by atoms with Crippen molar-refractivity contribution in [3.63, 3.8) is 0 Å². The van der Waals surface area contributed by atoms with Crippen LogP contribution in [0.15, 0.2) is 40.6 Å². The van der Waals surface area contributed by atoms with Crippen molar-refractivity contribution in [2.24, 2.45) is 10.2 Å². The maximum absolute atomic E-state index is 13.1. The van der Waals surface area contributed by atoms with E-state index in [1.165, 1.54) is 27.2 Å². The van der Waals surface area contributed by atoms with E-state index in [1.807, 2.05) is 6.92 Å². The molecule has 0 aliphatic rings. The number of hydrogen-bond acceptors (Lipinski definition) is 8. The third-order valence-electron chi connectivity index (χ3n) is 4.32. The summed E-state index contributed by atoms with van der Waals surface area (Å²) < 4.78 is 22.4. The second kappa shape index (κ2) is 12.3. The van der Waals surface area contributed by atoms with Gasteiger partial charge in [-0.15, -0.1) is 5.11 Å². The Kier molecular flexibility index (Phi) is 9.74. The molecule has 33 heavy (non-hydrogen) atoms. The molecular formula is C22H25Cl2N3O6. The first-order valence-electron chi connectivity index (χ1n) is 10.00. The Bertz CT molecular complexity index is 1030. The highest BCUT2D eigenvalue weighted by Gasteiger charge is 2.31. The lowest BCUT2D eigenvalue weighted by molar-refractivity contribution is -0.126. The third kappa shape index (κ3) is 6.27. The maximum atomic E-state index is 13.1. The SMILES string of the molecule is CCOc1ccc(Cl)c(N=NC(C(C)=O)C(=O)N(Cl)c2cc(OC)ccc2OC)c1OCC. The standard InChI is InChI=1S/C22H25Cl2N3O6/c1-6-32-18-11-9-15(23)20(21(18)33-7-2)26-25-19(13(3)28)22(29)27(24)16-12-14(30-4)8-10-17(16)31-5/h8-12,19H,6-7H2,1-5H3. The lowest BCUT2D eigenvalue weighted by Crippen LogP contribution is -2.36. The van der Waals surface area contributed by atoms with Crippen molar-refractivity contribution in [2.75, 3.05) is 31.9 Å². The van der Waals surface area contributed by atoms with E-state index in [1.54, 1.807) is 31.2 Å². The minimum atomic E-state index is -1.54. The zero-order chi connectivity index (χ0) is 24.5. The number of methoxy groups -OCH3 is 2. The largest absolute Gasteiger partial charge is 0.497 e. The van der Waals surface area contributed by atoms with Crippen molar-refractivity contribution < 1.29 is 28.5 Å². The number of rotatable bonds is 11. The topological polar surface area (TPSA) is 99.0 Å². The van der Waals surface area contributed by atoms with Gasteiger partial charge < -0.3 is 18.9 Å². The molecule has 0 aromatic heterocycles. The second-order valence-corrected chi connectivity index (χ2v) is 7.22. The van der Waals surface area contributed by atoms with Gasteiger partial charge in [-0.2, -0.15) is 5.11 Å². The van der Waals surface area contributed by atoms with Crippen LogP contribution in [-0.4, -0.2) is 45.2 Å². The number of carbonyl (C=O) groups is 2. The fraction of sp³-hybridized carbons (Fsp3) is 0.364. The molecule has 0 aliphatic heterocycles. The van der Waals surface area contributed by atoms with Gasteiger partial charge >= 0.3 is 0 Å². The minimum absolute atomic E-state index is 0.128. The van der Waals surface area contributed by atoms with E-state index < -0.39 is 17.7 Å². The summed E-state index contributed by atoms with van der Waals surface area (Å²) in [6.07, 6.45) is 0. The molecule has 2 aromatic carbocycles. The summed E-state index contributed by atoms with van der Waals surface area (Å²) in [6.45, 7) is 5.50. The van der Waals surface area contributed by atoms with E-state index in [2.05, 4.69) is 10.2 Å². The maximum Gasteiger partial charge on any atom is 0.276 e. The number of nitrogens with zero attached hydrogens (tertiary/aromatic N) is 3. The number of carbonyl (C=O) groups excluding carboxylic acids is 2. The predicted molar refractivity (Wildman–Crippen MR) is 126 cm³/mol. The van der Waals surface area contributed by atoms with Gasteiger partial charge in [0.15, 0.2) is 17.3 Å². The van der Waals surface area contributed by atoms with Crippen LogP contribution in [0.25, 0.3) is 0 Å². The zero-order valence-electron chi connectivity index (χ0n) is 18.9. The van der Waals surface area contributed by atoms with E-state index in [4.69, 9.17) is 42.3 Å². The molecule has 1 atom stereocenters. The fourth-order valence-corrected chi connectivity index (χ4v) is 3.18. The van der Waals surface area contributed by atoms with Gasteiger partial charge in [0.25, 0.3) is 5.91 Å². The first kappa shape index (κ1) is 26.2. The Morgan fingerprint density at radius 1 is 1.03 bits per heavy atom. The van der Waals surface area contributed by atoms with Gasteiger partial charge in [0.05, 0.1) is 32.5 Å². The van der Waals surface area contributed by atoms with Crippen LogP contribution in [0.4, 0.5) is 11.4 Å². The average molecular weight is 498 g/mol. The number of anilines is 1. The van der Waals surface area contributed by atoms with Crippen LogP contribution >= 0.6 is 23.4 Å². The molecule has 0 bridgehead atoms. The summed E-state index contributed by atoms with van der Waals surface area (Å²) in [4.78, 5) is 25.4. The second-order valence-electron chi connectivity index (χ2n) is 6.47. The Morgan fingerprint density at radius 2 is 1.70 bits per heavy atom. The monoisotopic (exact) mass is 497 g/mol. The summed E-state index contributed by atoms with van der Waals surface area (Å²) >= 11 is 12.6. The van der Waals surface area contributed by atoms with Gasteiger partial charge in [0, 0.05) is 17.8 Å². The molecule has 1 unspecified atom stereocenters. The summed E-state index contributed by atoms with van der Waals surface area (Å²) in [5.74, 6) is -0.0255. The van der Waals surface area contributed by atoms with Crippen LogP contribution in [0, 0.1) is 0 Å². The highest BCUT2D eigenvalue weighted by molar-refractivity contribution is 6.39. The third-order valence-corrected chi connectivity index (χ3v) is 4.97. The molecule has 0 spiro atoms. The Hall–Kier alpha value is -3.04. The highest BCUT2D eigenvalue weighted by Crippen LogP contribution is 2.43. The first-order chi connectivity index (χ1) is 15.8. The van der Waals surface area contributed by atoms with Crippen molar-refractivity contribution in [2.45, 2.75) is 26.8 Å². The van der Waals surface area contributed by atoms with Crippen LogP contribution in [0.2, 0.25) is 5.02 Å². The molecule has 0 heterocycles. The molecule has 11 heteroatoms. The summed E-state index contributed by atoms with van der Waals surface area (Å²) in [5.41, 5.74) is 0.306. The number of hydrogen-bond donors (Lipinski definition) is 0. The van der Waals surface area contributed by atoms with Gasteiger partial charge in [-0.05, 0) is 45.0 Å². The van der Waals surface area contributed by atoms with E-state index in [0.717, 1.165) is 4.42 Å². The number of ether oxygens (including phenoxy) is 4. The number of azo groups is 1. The molecule has 1 amide bonds. The number of halogens is 2. The Labute approximate surface area is 202 Å². The summed E-state index contributed by atoms with van der Waals surface area (Å²) in [6, 6.07) is 6.37. The molecular weight excluding hydrogens is 473 g/mol. The number of benzene rings is 2. The van der Waals surface area contributed by atoms with Crippen molar-refractivity contribution in [1.29, 1.82) is 0 Å². The summed E-state index contributed by atoms with van der Waals surface area (Å²) in [7, 11) is 2.89. The van der Waals surface area contributed by atoms with Gasteiger partial charge in [-0.25, -0.2) is 4.42 Å². The van der Waals surface area contributed by atoms with E-state index in [-0.39, 0.29) is 22.1 Å². The minimum Gasteiger partial charge on any atom is -0.497 e. The Balaban J connectivity index is 2.46. The van der Waals surface area contributed by atoms with Gasteiger partial charge in [0.1, 0.15) is 22.9 Å². The summed E-state index contributed by atoms with van der Waals surface area (Å²) in [5, 5.41) is 8.22. The smallest absolute Gasteiger partial charge is 0.276 e.